The Morgan fingerprint density at radius 2 is 2.19 bits per heavy atom. The smallest absolute Gasteiger partial charge is 0.243 e. The minimum Gasteiger partial charge on any atom is -0.347 e. The monoisotopic (exact) mass is 284 g/mol. The van der Waals surface area contributed by atoms with Crippen LogP contribution in [0.1, 0.15) is 18.4 Å². The Bertz CT molecular complexity index is 568. The van der Waals surface area contributed by atoms with Crippen LogP contribution in [0.4, 0.5) is 5.69 Å². The summed E-state index contributed by atoms with van der Waals surface area (Å²) in [4.78, 5) is 18.3. The number of hydrogen-bond acceptors (Lipinski definition) is 2. The van der Waals surface area contributed by atoms with Crippen molar-refractivity contribution in [1.82, 2.24) is 10.2 Å². The predicted octanol–water partition coefficient (Wildman–Crippen LogP) is 1.28. The van der Waals surface area contributed by atoms with E-state index in [1.54, 1.807) is 13.1 Å². The first kappa shape index (κ1) is 14.9. The van der Waals surface area contributed by atoms with Gasteiger partial charge in [0, 0.05) is 31.4 Å². The summed E-state index contributed by atoms with van der Waals surface area (Å²) in [6.07, 6.45) is 7.68. The quantitative estimate of drug-likeness (QED) is 0.499. The van der Waals surface area contributed by atoms with Crippen molar-refractivity contribution in [3.05, 3.63) is 29.8 Å². The number of carbonyl (C=O) groups is 1. The Kier molecular flexibility index (Phi) is 5.22. The van der Waals surface area contributed by atoms with Crippen molar-refractivity contribution < 1.29 is 4.79 Å². The maximum absolute atomic E-state index is 11.9. The Balaban J connectivity index is 1.85. The van der Waals surface area contributed by atoms with E-state index >= 15 is 0 Å². The minimum absolute atomic E-state index is 0.121. The van der Waals surface area contributed by atoms with E-state index in [9.17, 15) is 4.79 Å². The molecule has 1 heterocycles. The molecular weight excluding hydrogens is 264 g/mol. The van der Waals surface area contributed by atoms with E-state index < -0.39 is 0 Å². The van der Waals surface area contributed by atoms with E-state index in [4.69, 9.17) is 6.42 Å². The van der Waals surface area contributed by atoms with Crippen LogP contribution in [0, 0.1) is 12.3 Å². The number of likely N-dealkylation sites (tertiary alicyclic amines) is 1. The third-order valence-electron chi connectivity index (χ3n) is 3.34. The highest BCUT2D eigenvalue weighted by Crippen LogP contribution is 2.09. The number of benzene rings is 1. The lowest BCUT2D eigenvalue weighted by molar-refractivity contribution is -0.115. The van der Waals surface area contributed by atoms with Crippen molar-refractivity contribution in [2.24, 2.45) is 4.99 Å². The summed E-state index contributed by atoms with van der Waals surface area (Å²) in [6.45, 7) is 2.17. The molecule has 0 atom stereocenters. The summed E-state index contributed by atoms with van der Waals surface area (Å²) in [5.74, 6) is 3.20. The number of carbonyl (C=O) groups excluding carboxylic acids is 1. The average Bonchev–Trinajstić information content (AvgIpc) is 3.02. The van der Waals surface area contributed by atoms with E-state index in [0.29, 0.717) is 5.69 Å². The van der Waals surface area contributed by atoms with Crippen molar-refractivity contribution in [3.63, 3.8) is 0 Å². The van der Waals surface area contributed by atoms with Crippen LogP contribution < -0.4 is 10.6 Å². The van der Waals surface area contributed by atoms with Crippen molar-refractivity contribution in [2.75, 3.05) is 32.0 Å². The Morgan fingerprint density at radius 3 is 2.86 bits per heavy atom. The minimum atomic E-state index is -0.121. The van der Waals surface area contributed by atoms with Gasteiger partial charge in [-0.05, 0) is 31.0 Å². The van der Waals surface area contributed by atoms with Crippen LogP contribution in [-0.4, -0.2) is 43.4 Å². The molecule has 0 saturated carbocycles. The standard InChI is InChI=1S/C16H20N4O/c1-3-13-7-6-8-14(11-13)19-15(21)12-18-16(17-2)20-9-4-5-10-20/h1,6-8,11H,4-5,9-10,12H2,2H3,(H,17,18)(H,19,21). The van der Waals surface area contributed by atoms with E-state index in [1.165, 1.54) is 12.8 Å². The molecule has 0 aliphatic carbocycles. The lowest BCUT2D eigenvalue weighted by atomic mass is 10.2. The van der Waals surface area contributed by atoms with Crippen LogP contribution in [0.2, 0.25) is 0 Å². The van der Waals surface area contributed by atoms with Crippen molar-refractivity contribution in [2.45, 2.75) is 12.8 Å². The fourth-order valence-electron chi connectivity index (χ4n) is 2.31. The number of amides is 1. The van der Waals surface area contributed by atoms with E-state index in [1.807, 2.05) is 18.2 Å². The van der Waals surface area contributed by atoms with Crippen molar-refractivity contribution in [3.8, 4) is 12.3 Å². The van der Waals surface area contributed by atoms with Gasteiger partial charge in [0.2, 0.25) is 5.91 Å². The maximum Gasteiger partial charge on any atom is 0.243 e. The molecule has 1 aliphatic rings. The lowest BCUT2D eigenvalue weighted by Gasteiger charge is -2.20. The van der Waals surface area contributed by atoms with Gasteiger partial charge in [0.25, 0.3) is 0 Å². The second-order valence-electron chi connectivity index (χ2n) is 4.87. The molecule has 1 aromatic carbocycles. The van der Waals surface area contributed by atoms with Gasteiger partial charge in [-0.1, -0.05) is 12.0 Å². The number of guanidine groups is 1. The van der Waals surface area contributed by atoms with E-state index in [-0.39, 0.29) is 12.5 Å². The van der Waals surface area contributed by atoms with Gasteiger partial charge in [0.05, 0.1) is 6.54 Å². The summed E-state index contributed by atoms with van der Waals surface area (Å²) >= 11 is 0. The molecule has 5 nitrogen and oxygen atoms in total. The van der Waals surface area contributed by atoms with Crippen LogP contribution in [-0.2, 0) is 4.79 Å². The normalized spacial score (nSPS) is 14.7. The first-order valence-electron chi connectivity index (χ1n) is 7.05. The fraction of sp³-hybridized carbons (Fsp3) is 0.375. The molecule has 1 aliphatic heterocycles. The molecule has 1 aromatic rings. The molecule has 1 fully saturated rings. The third kappa shape index (κ3) is 4.25. The van der Waals surface area contributed by atoms with Crippen LogP contribution >= 0.6 is 0 Å². The zero-order valence-electron chi connectivity index (χ0n) is 12.2. The summed E-state index contributed by atoms with van der Waals surface area (Å²) in [6, 6.07) is 7.23. The summed E-state index contributed by atoms with van der Waals surface area (Å²) in [7, 11) is 1.73. The highest BCUT2D eigenvalue weighted by atomic mass is 16.1. The number of nitrogens with one attached hydrogen (secondary N) is 2. The first-order valence-corrected chi connectivity index (χ1v) is 7.05. The van der Waals surface area contributed by atoms with E-state index in [0.717, 1.165) is 24.6 Å². The number of anilines is 1. The zero-order chi connectivity index (χ0) is 15.1. The predicted molar refractivity (Wildman–Crippen MR) is 85.2 cm³/mol. The highest BCUT2D eigenvalue weighted by molar-refractivity contribution is 5.95. The molecular formula is C16H20N4O. The van der Waals surface area contributed by atoms with Gasteiger partial charge in [-0.2, -0.15) is 0 Å². The molecule has 1 amide bonds. The third-order valence-corrected chi connectivity index (χ3v) is 3.34. The fourth-order valence-corrected chi connectivity index (χ4v) is 2.31. The number of aliphatic imine (C=N–C) groups is 1. The Hall–Kier alpha value is -2.48. The summed E-state index contributed by atoms with van der Waals surface area (Å²) < 4.78 is 0. The zero-order valence-corrected chi connectivity index (χ0v) is 12.2. The molecule has 1 saturated heterocycles. The lowest BCUT2D eigenvalue weighted by Crippen LogP contribution is -2.42. The largest absolute Gasteiger partial charge is 0.347 e. The first-order chi connectivity index (χ1) is 10.2. The second-order valence-corrected chi connectivity index (χ2v) is 4.87. The Morgan fingerprint density at radius 1 is 1.43 bits per heavy atom. The van der Waals surface area contributed by atoms with Gasteiger partial charge >= 0.3 is 0 Å². The van der Waals surface area contributed by atoms with Gasteiger partial charge in [-0.3, -0.25) is 9.79 Å². The molecule has 0 bridgehead atoms. The van der Waals surface area contributed by atoms with Gasteiger partial charge in [-0.15, -0.1) is 6.42 Å². The van der Waals surface area contributed by atoms with Crippen molar-refractivity contribution >= 4 is 17.6 Å². The van der Waals surface area contributed by atoms with Gasteiger partial charge in [-0.25, -0.2) is 0 Å². The summed E-state index contributed by atoms with van der Waals surface area (Å²) in [5, 5.41) is 5.90. The molecule has 110 valence electrons. The van der Waals surface area contributed by atoms with E-state index in [2.05, 4.69) is 26.4 Å². The average molecular weight is 284 g/mol. The van der Waals surface area contributed by atoms with Gasteiger partial charge in [0.15, 0.2) is 5.96 Å². The molecule has 0 spiro atoms. The molecule has 0 unspecified atom stereocenters. The number of hydrogen-bond donors (Lipinski definition) is 2. The SMILES string of the molecule is C#Cc1cccc(NC(=O)CNC(=NC)N2CCCC2)c1. The topological polar surface area (TPSA) is 56.7 Å². The van der Waals surface area contributed by atoms with Gasteiger partial charge in [0.1, 0.15) is 0 Å². The molecule has 2 N–H and O–H groups in total. The number of terminal acetylenes is 1. The Labute approximate surface area is 125 Å². The molecule has 2 rings (SSSR count). The molecule has 0 aromatic heterocycles. The van der Waals surface area contributed by atoms with Crippen molar-refractivity contribution in [1.29, 1.82) is 0 Å². The van der Waals surface area contributed by atoms with Crippen LogP contribution in [0.5, 0.6) is 0 Å². The second kappa shape index (κ2) is 7.34. The van der Waals surface area contributed by atoms with Crippen LogP contribution in [0.3, 0.4) is 0 Å². The van der Waals surface area contributed by atoms with Gasteiger partial charge < -0.3 is 15.5 Å². The van der Waals surface area contributed by atoms with Crippen LogP contribution in [0.25, 0.3) is 0 Å². The van der Waals surface area contributed by atoms with Crippen LogP contribution in [0.15, 0.2) is 29.3 Å². The highest BCUT2D eigenvalue weighted by Gasteiger charge is 2.16. The number of rotatable bonds is 3. The summed E-state index contributed by atoms with van der Waals surface area (Å²) in [5.41, 5.74) is 1.45. The molecule has 21 heavy (non-hydrogen) atoms. The molecule has 5 heteroatoms. The molecule has 0 radical (unpaired) electrons. The maximum atomic E-state index is 11.9. The number of nitrogens with zero attached hydrogens (tertiary/aromatic N) is 2.